The van der Waals surface area contributed by atoms with Crippen LogP contribution in [0.3, 0.4) is 0 Å². The Balaban J connectivity index is 1.21. The lowest BCUT2D eigenvalue weighted by molar-refractivity contribution is -0.129. The van der Waals surface area contributed by atoms with Crippen molar-refractivity contribution in [3.05, 3.63) is 50.3 Å². The monoisotopic (exact) mass is 583 g/mol. The Hall–Kier alpha value is -2.53. The number of methoxy groups -OCH3 is 1. The number of pyridine rings is 1. The molecule has 1 saturated heterocycles. The van der Waals surface area contributed by atoms with Crippen molar-refractivity contribution in [2.45, 2.75) is 75.8 Å². The number of hydrogen-bond acceptors (Lipinski definition) is 8. The van der Waals surface area contributed by atoms with Crippen molar-refractivity contribution in [3.63, 3.8) is 0 Å². The maximum Gasteiger partial charge on any atom is 0.254 e. The highest BCUT2D eigenvalue weighted by Gasteiger charge is 2.48. The lowest BCUT2D eigenvalue weighted by atomic mass is 9.80. The van der Waals surface area contributed by atoms with E-state index >= 15 is 0 Å². The number of benzene rings is 1. The van der Waals surface area contributed by atoms with Crippen molar-refractivity contribution < 1.29 is 19.0 Å². The predicted molar refractivity (Wildman–Crippen MR) is 159 cm³/mol. The second kappa shape index (κ2) is 10.7. The zero-order valence-electron chi connectivity index (χ0n) is 23.7. The number of ether oxygens (including phenoxy) is 3. The van der Waals surface area contributed by atoms with Gasteiger partial charge in [-0.15, -0.1) is 23.1 Å². The van der Waals surface area contributed by atoms with Crippen LogP contribution < -0.4 is 20.3 Å². The first-order valence-electron chi connectivity index (χ1n) is 14.0. The van der Waals surface area contributed by atoms with Crippen LogP contribution in [0.1, 0.15) is 59.8 Å². The first-order chi connectivity index (χ1) is 19.2. The van der Waals surface area contributed by atoms with E-state index in [1.807, 2.05) is 37.6 Å². The molecule has 1 aromatic carbocycles. The number of hydrogen-bond donors (Lipinski definition) is 2. The average molecular weight is 584 g/mol. The predicted octanol–water partition coefficient (Wildman–Crippen LogP) is 5.24. The summed E-state index contributed by atoms with van der Waals surface area (Å²) in [6.45, 7) is 8.04. The van der Waals surface area contributed by atoms with Crippen molar-refractivity contribution in [2.24, 2.45) is 5.92 Å². The van der Waals surface area contributed by atoms with E-state index in [-0.39, 0.29) is 23.9 Å². The Bertz CT molecular complexity index is 1500. The Morgan fingerprint density at radius 3 is 2.65 bits per heavy atom. The normalized spacial score (nSPS) is 24.8. The highest BCUT2D eigenvalue weighted by atomic mass is 32.2. The molecule has 2 aromatic heterocycles. The van der Waals surface area contributed by atoms with Gasteiger partial charge in [-0.25, -0.2) is 0 Å². The topological polar surface area (TPSA) is 92.9 Å². The molecule has 0 spiro atoms. The van der Waals surface area contributed by atoms with E-state index in [2.05, 4.69) is 22.1 Å². The molecule has 1 amide bonds. The van der Waals surface area contributed by atoms with Gasteiger partial charge in [0.2, 0.25) is 0 Å². The molecule has 1 atom stereocenters. The molecule has 3 aromatic rings. The van der Waals surface area contributed by atoms with Crippen molar-refractivity contribution in [1.82, 2.24) is 15.2 Å². The second-order valence-corrected chi connectivity index (χ2v) is 13.1. The van der Waals surface area contributed by atoms with Gasteiger partial charge in [-0.3, -0.25) is 14.5 Å². The fourth-order valence-electron chi connectivity index (χ4n) is 6.55. The highest BCUT2D eigenvalue weighted by molar-refractivity contribution is 7.98. The van der Waals surface area contributed by atoms with Crippen molar-refractivity contribution in [3.8, 4) is 11.5 Å². The van der Waals surface area contributed by atoms with E-state index in [1.54, 1.807) is 18.4 Å². The molecule has 8 nitrogen and oxygen atoms in total. The third kappa shape index (κ3) is 4.72. The Morgan fingerprint density at radius 1 is 1.23 bits per heavy atom. The number of likely N-dealkylation sites (tertiary alicyclic amines) is 1. The van der Waals surface area contributed by atoms with E-state index < -0.39 is 5.79 Å². The lowest BCUT2D eigenvalue weighted by Gasteiger charge is -2.47. The van der Waals surface area contributed by atoms with Gasteiger partial charge in [0.15, 0.2) is 11.5 Å². The molecular formula is C30H37N3O5S2. The summed E-state index contributed by atoms with van der Waals surface area (Å²) in [7, 11) is 1.79. The zero-order chi connectivity index (χ0) is 28.2. The van der Waals surface area contributed by atoms with Gasteiger partial charge >= 0.3 is 0 Å². The quantitative estimate of drug-likeness (QED) is 0.368. The van der Waals surface area contributed by atoms with Gasteiger partial charge in [0.05, 0.1) is 16.4 Å². The van der Waals surface area contributed by atoms with Crippen LogP contribution >= 0.6 is 23.1 Å². The number of aromatic nitrogens is 1. The summed E-state index contributed by atoms with van der Waals surface area (Å²) in [6.07, 6.45) is 6.62. The van der Waals surface area contributed by atoms with Crippen LogP contribution in [0.2, 0.25) is 0 Å². The molecule has 1 aliphatic carbocycles. The number of amides is 1. The molecule has 214 valence electrons. The summed E-state index contributed by atoms with van der Waals surface area (Å²) in [5.74, 6) is 0.677. The molecule has 2 N–H and O–H groups in total. The molecule has 0 radical (unpaired) electrons. The molecular weight excluding hydrogens is 546 g/mol. The van der Waals surface area contributed by atoms with E-state index in [0.29, 0.717) is 29.0 Å². The fraction of sp³-hybridized carbons (Fsp3) is 0.533. The maximum absolute atomic E-state index is 13.6. The van der Waals surface area contributed by atoms with Gasteiger partial charge < -0.3 is 24.5 Å². The minimum Gasteiger partial charge on any atom is -0.448 e. The molecule has 2 aliphatic heterocycles. The minimum atomic E-state index is -0.767. The highest BCUT2D eigenvalue weighted by Crippen LogP contribution is 2.53. The SMILES string of the molecule is COC1CN(C2CCC([C@@]3(C)Oc4c(C)c(C(=O)NCc5c(SC)cc(C)[nH]c5=O)c5ccsc5c4O3)CC2)C1. The van der Waals surface area contributed by atoms with Gasteiger partial charge in [0.25, 0.3) is 17.3 Å². The van der Waals surface area contributed by atoms with E-state index in [1.165, 1.54) is 11.8 Å². The fourth-order valence-corrected chi connectivity index (χ4v) is 8.13. The molecule has 0 unspecified atom stereocenters. The average Bonchev–Trinajstić information content (AvgIpc) is 3.53. The number of rotatable bonds is 7. The Morgan fingerprint density at radius 2 is 1.95 bits per heavy atom. The molecule has 2 fully saturated rings. The van der Waals surface area contributed by atoms with Crippen LogP contribution in [0.4, 0.5) is 0 Å². The van der Waals surface area contributed by atoms with Crippen LogP contribution in [0.15, 0.2) is 27.2 Å². The summed E-state index contributed by atoms with van der Waals surface area (Å²) in [6, 6.07) is 4.51. The third-order valence-corrected chi connectivity index (χ3v) is 10.7. The second-order valence-electron chi connectivity index (χ2n) is 11.4. The number of carbonyl (C=O) groups is 1. The van der Waals surface area contributed by atoms with Crippen LogP contribution in [0, 0.1) is 19.8 Å². The van der Waals surface area contributed by atoms with Crippen LogP contribution in [0.5, 0.6) is 11.5 Å². The largest absolute Gasteiger partial charge is 0.448 e. The lowest BCUT2D eigenvalue weighted by Crippen LogP contribution is -2.57. The van der Waals surface area contributed by atoms with Gasteiger partial charge in [-0.2, -0.15) is 0 Å². The molecule has 6 rings (SSSR count). The number of H-pyrrole nitrogens is 1. The molecule has 1 saturated carbocycles. The van der Waals surface area contributed by atoms with Gasteiger partial charge in [-0.05, 0) is 63.3 Å². The number of nitrogens with zero attached hydrogens (tertiary/aromatic N) is 1. The van der Waals surface area contributed by atoms with Crippen molar-refractivity contribution in [2.75, 3.05) is 26.5 Å². The number of fused-ring (bicyclic) bond motifs is 3. The van der Waals surface area contributed by atoms with Crippen LogP contribution in [-0.2, 0) is 11.3 Å². The summed E-state index contributed by atoms with van der Waals surface area (Å²) in [5.41, 5.74) is 2.53. The summed E-state index contributed by atoms with van der Waals surface area (Å²) < 4.78 is 19.7. The number of thiophene rings is 1. The molecule has 0 bridgehead atoms. The first kappa shape index (κ1) is 27.6. The maximum atomic E-state index is 13.6. The summed E-state index contributed by atoms with van der Waals surface area (Å²) in [4.78, 5) is 32.5. The molecule has 10 heteroatoms. The Kier molecular flexibility index (Phi) is 7.39. The molecule has 40 heavy (non-hydrogen) atoms. The molecule has 3 aliphatic rings. The van der Waals surface area contributed by atoms with E-state index in [0.717, 1.165) is 70.8 Å². The first-order valence-corrected chi connectivity index (χ1v) is 16.1. The van der Waals surface area contributed by atoms with Crippen LogP contribution in [0.25, 0.3) is 10.1 Å². The number of carbonyl (C=O) groups excluding carboxylic acids is 1. The Labute approximate surface area is 242 Å². The van der Waals surface area contributed by atoms with Gasteiger partial charge in [0, 0.05) is 72.7 Å². The standard InChI is InChI=1S/C30H37N3O5S2/c1-16-12-23(39-5)22(28(34)32-16)13-31-29(35)24-17(2)25-26(27-21(24)10-11-40-27)38-30(3,37-25)18-6-8-19(9-7-18)33-14-20(15-33)36-4/h10-12,18-20H,6-9,13-15H2,1-5H3,(H,31,35)(H,32,34)/t18?,19?,30-/m0/s1. The number of aryl methyl sites for hydroxylation is 1. The van der Waals surface area contributed by atoms with E-state index in [9.17, 15) is 9.59 Å². The minimum absolute atomic E-state index is 0.146. The number of nitrogens with one attached hydrogen (secondary N) is 2. The number of aromatic amines is 1. The van der Waals surface area contributed by atoms with Gasteiger partial charge in [0.1, 0.15) is 0 Å². The van der Waals surface area contributed by atoms with Gasteiger partial charge in [-0.1, -0.05) is 0 Å². The summed E-state index contributed by atoms with van der Waals surface area (Å²) in [5, 5.41) is 5.84. The number of thioether (sulfide) groups is 1. The molecule has 4 heterocycles. The van der Waals surface area contributed by atoms with Crippen molar-refractivity contribution in [1.29, 1.82) is 0 Å². The van der Waals surface area contributed by atoms with E-state index in [4.69, 9.17) is 14.2 Å². The zero-order valence-corrected chi connectivity index (χ0v) is 25.4. The smallest absolute Gasteiger partial charge is 0.254 e. The van der Waals surface area contributed by atoms with Crippen molar-refractivity contribution >= 4 is 39.1 Å². The summed E-state index contributed by atoms with van der Waals surface area (Å²) >= 11 is 3.06. The third-order valence-electron chi connectivity index (χ3n) is 8.94. The van der Waals surface area contributed by atoms with Crippen LogP contribution in [-0.4, -0.2) is 60.2 Å².